The molecule has 1 saturated heterocycles. The summed E-state index contributed by atoms with van der Waals surface area (Å²) in [7, 11) is -3.70. The van der Waals surface area contributed by atoms with Crippen LogP contribution in [0.2, 0.25) is 5.15 Å². The van der Waals surface area contributed by atoms with E-state index in [1.165, 1.54) is 16.4 Å². The maximum absolute atomic E-state index is 13.1. The normalized spacial score (nSPS) is 22.3. The van der Waals surface area contributed by atoms with Gasteiger partial charge in [0.25, 0.3) is 0 Å². The molecule has 2 fully saturated rings. The number of nitrogens with one attached hydrogen (secondary N) is 2. The van der Waals surface area contributed by atoms with Gasteiger partial charge >= 0.3 is 0 Å². The molecule has 8 nitrogen and oxygen atoms in total. The van der Waals surface area contributed by atoms with E-state index in [2.05, 4.69) is 20.3 Å². The van der Waals surface area contributed by atoms with Crippen LogP contribution in [-0.2, 0) is 14.8 Å². The van der Waals surface area contributed by atoms with Crippen molar-refractivity contribution in [2.75, 3.05) is 19.6 Å². The van der Waals surface area contributed by atoms with Gasteiger partial charge in [-0.05, 0) is 43.2 Å². The van der Waals surface area contributed by atoms with Crippen LogP contribution >= 0.6 is 11.6 Å². The summed E-state index contributed by atoms with van der Waals surface area (Å²) >= 11 is 6.36. The highest BCUT2D eigenvalue weighted by Crippen LogP contribution is 2.37. The van der Waals surface area contributed by atoms with Gasteiger partial charge in [0.2, 0.25) is 15.9 Å². The Morgan fingerprint density at radius 2 is 2.16 bits per heavy atom. The summed E-state index contributed by atoms with van der Waals surface area (Å²) in [5.41, 5.74) is 1.18. The third-order valence-corrected chi connectivity index (χ3v) is 7.73. The topological polar surface area (TPSA) is 108 Å². The number of aromatic amines is 1. The summed E-state index contributed by atoms with van der Waals surface area (Å²) in [6, 6.07) is 2.81. The Morgan fingerprint density at radius 1 is 1.38 bits per heavy atom. The molecule has 2 aromatic rings. The van der Waals surface area contributed by atoms with E-state index in [0.29, 0.717) is 54.3 Å². The first-order valence-corrected chi connectivity index (χ1v) is 12.4. The van der Waals surface area contributed by atoms with Crippen molar-refractivity contribution in [1.29, 1.82) is 0 Å². The minimum Gasteiger partial charge on any atom is -0.352 e. The van der Waals surface area contributed by atoms with Gasteiger partial charge in [0.05, 0.1) is 17.3 Å². The standard InChI is InChI=1S/C21H25ClFN5O3S/c1-13-12-28(32(30,31)9-7-18(29)25-10-14-2-3-14)8-6-16(13)19-20(22)27-21(26-19)17-5-4-15(23)11-24-17/h4-5,7,9,11,13-14,16H,2-3,6,8,10,12H2,1H3,(H,25,29)(H,26,27)/t13-,16+/m0/s1. The van der Waals surface area contributed by atoms with Crippen LogP contribution in [0.1, 0.15) is 37.8 Å². The van der Waals surface area contributed by atoms with Crippen LogP contribution in [0, 0.1) is 17.7 Å². The molecule has 0 bridgehead atoms. The highest BCUT2D eigenvalue weighted by Gasteiger charge is 2.34. The van der Waals surface area contributed by atoms with E-state index >= 15 is 0 Å². The maximum Gasteiger partial charge on any atom is 0.244 e. The number of aromatic nitrogens is 3. The van der Waals surface area contributed by atoms with E-state index in [0.717, 1.165) is 30.5 Å². The van der Waals surface area contributed by atoms with Crippen molar-refractivity contribution in [1.82, 2.24) is 24.6 Å². The summed E-state index contributed by atoms with van der Waals surface area (Å²) in [6.07, 6.45) is 4.95. The molecule has 172 valence electrons. The molecule has 2 aromatic heterocycles. The Hall–Kier alpha value is -2.30. The molecular formula is C21H25ClFN5O3S. The van der Waals surface area contributed by atoms with Gasteiger partial charge in [-0.3, -0.25) is 4.79 Å². The second kappa shape index (κ2) is 9.29. The molecular weight excluding hydrogens is 457 g/mol. The summed E-state index contributed by atoms with van der Waals surface area (Å²) in [5.74, 6) is 0.0619. The summed E-state index contributed by atoms with van der Waals surface area (Å²) in [6.45, 7) is 3.13. The first kappa shape index (κ1) is 22.9. The number of piperidine rings is 1. The van der Waals surface area contributed by atoms with Crippen molar-refractivity contribution >= 4 is 27.5 Å². The van der Waals surface area contributed by atoms with Crippen LogP contribution in [0.25, 0.3) is 11.5 Å². The lowest BCUT2D eigenvalue weighted by molar-refractivity contribution is -0.116. The lowest BCUT2D eigenvalue weighted by Crippen LogP contribution is -2.41. The Balaban J connectivity index is 1.40. The monoisotopic (exact) mass is 481 g/mol. The molecule has 0 unspecified atom stereocenters. The number of imidazole rings is 1. The third kappa shape index (κ3) is 5.36. The van der Waals surface area contributed by atoms with Crippen molar-refractivity contribution in [2.45, 2.75) is 32.1 Å². The van der Waals surface area contributed by atoms with Gasteiger partial charge in [-0.1, -0.05) is 18.5 Å². The molecule has 2 aliphatic rings. The Kier molecular flexibility index (Phi) is 6.64. The number of hydrogen-bond donors (Lipinski definition) is 2. The largest absolute Gasteiger partial charge is 0.352 e. The van der Waals surface area contributed by atoms with Crippen LogP contribution in [-0.4, -0.2) is 53.2 Å². The minimum atomic E-state index is -3.70. The highest BCUT2D eigenvalue weighted by molar-refractivity contribution is 7.92. The van der Waals surface area contributed by atoms with E-state index < -0.39 is 21.7 Å². The molecule has 11 heteroatoms. The first-order chi connectivity index (χ1) is 15.2. The van der Waals surface area contributed by atoms with Crippen LogP contribution in [0.15, 0.2) is 29.8 Å². The second-order valence-corrected chi connectivity index (χ2v) is 10.6. The molecule has 1 aliphatic carbocycles. The van der Waals surface area contributed by atoms with Crippen molar-refractivity contribution in [3.8, 4) is 11.5 Å². The van der Waals surface area contributed by atoms with E-state index in [1.807, 2.05) is 6.92 Å². The van der Waals surface area contributed by atoms with Crippen LogP contribution in [0.5, 0.6) is 0 Å². The van der Waals surface area contributed by atoms with Gasteiger partial charge < -0.3 is 10.3 Å². The zero-order chi connectivity index (χ0) is 22.9. The first-order valence-electron chi connectivity index (χ1n) is 10.6. The van der Waals surface area contributed by atoms with Gasteiger partial charge in [0, 0.05) is 31.6 Å². The molecule has 2 atom stereocenters. The average molecular weight is 482 g/mol. The summed E-state index contributed by atoms with van der Waals surface area (Å²) < 4.78 is 39.9. The van der Waals surface area contributed by atoms with E-state index in [4.69, 9.17) is 11.6 Å². The fourth-order valence-corrected chi connectivity index (χ4v) is 5.42. The molecule has 1 amide bonds. The van der Waals surface area contributed by atoms with Crippen molar-refractivity contribution < 1.29 is 17.6 Å². The molecule has 0 aromatic carbocycles. The second-order valence-electron chi connectivity index (χ2n) is 8.42. The molecule has 0 radical (unpaired) electrons. The zero-order valence-corrected chi connectivity index (χ0v) is 19.2. The van der Waals surface area contributed by atoms with Crippen molar-refractivity contribution in [3.05, 3.63) is 46.5 Å². The smallest absolute Gasteiger partial charge is 0.244 e. The van der Waals surface area contributed by atoms with Crippen molar-refractivity contribution in [3.63, 3.8) is 0 Å². The SMILES string of the molecule is C[C@H]1CN(S(=O)(=O)C=CC(=O)NCC2CC2)CC[C@H]1c1[nH]c(-c2ccc(F)cn2)nc1Cl. The number of nitrogens with zero attached hydrogens (tertiary/aromatic N) is 3. The fraction of sp³-hybridized carbons (Fsp3) is 0.476. The summed E-state index contributed by atoms with van der Waals surface area (Å²) in [4.78, 5) is 23.4. The number of carbonyl (C=O) groups excluding carboxylic acids is 1. The highest BCUT2D eigenvalue weighted by atomic mass is 35.5. The van der Waals surface area contributed by atoms with Crippen LogP contribution in [0.3, 0.4) is 0 Å². The Morgan fingerprint density at radius 3 is 2.81 bits per heavy atom. The third-order valence-electron chi connectivity index (χ3n) is 5.91. The summed E-state index contributed by atoms with van der Waals surface area (Å²) in [5, 5.41) is 4.00. The van der Waals surface area contributed by atoms with Crippen LogP contribution < -0.4 is 5.32 Å². The zero-order valence-electron chi connectivity index (χ0n) is 17.6. The average Bonchev–Trinajstić information content (AvgIpc) is 3.52. The van der Waals surface area contributed by atoms with Crippen LogP contribution in [0.4, 0.5) is 4.39 Å². The Bertz CT molecular complexity index is 1110. The van der Waals surface area contributed by atoms with E-state index in [-0.39, 0.29) is 11.8 Å². The number of sulfonamides is 1. The molecule has 2 N–H and O–H groups in total. The lowest BCUT2D eigenvalue weighted by Gasteiger charge is -2.35. The van der Waals surface area contributed by atoms with Gasteiger partial charge in [-0.2, -0.15) is 4.31 Å². The predicted octanol–water partition coefficient (Wildman–Crippen LogP) is 3.06. The lowest BCUT2D eigenvalue weighted by atomic mass is 9.86. The molecule has 0 spiro atoms. The molecule has 3 heterocycles. The number of hydrogen-bond acceptors (Lipinski definition) is 5. The predicted molar refractivity (Wildman–Crippen MR) is 119 cm³/mol. The van der Waals surface area contributed by atoms with Gasteiger partial charge in [0.15, 0.2) is 11.0 Å². The minimum absolute atomic E-state index is 0.0264. The number of rotatable bonds is 7. The molecule has 1 aliphatic heterocycles. The van der Waals surface area contributed by atoms with Gasteiger partial charge in [-0.25, -0.2) is 22.8 Å². The van der Waals surface area contributed by atoms with Crippen molar-refractivity contribution in [2.24, 2.45) is 11.8 Å². The maximum atomic E-state index is 13.1. The fourth-order valence-electron chi connectivity index (χ4n) is 3.88. The quantitative estimate of drug-likeness (QED) is 0.591. The van der Waals surface area contributed by atoms with Gasteiger partial charge in [0.1, 0.15) is 11.5 Å². The molecule has 4 rings (SSSR count). The van der Waals surface area contributed by atoms with E-state index in [9.17, 15) is 17.6 Å². The number of pyridine rings is 1. The number of carbonyl (C=O) groups is 1. The molecule has 32 heavy (non-hydrogen) atoms. The van der Waals surface area contributed by atoms with E-state index in [1.54, 1.807) is 0 Å². The number of halogens is 2. The molecule has 1 saturated carbocycles. The number of H-pyrrole nitrogens is 1. The number of amides is 1. The van der Waals surface area contributed by atoms with Gasteiger partial charge in [-0.15, -0.1) is 0 Å². The Labute approximate surface area is 191 Å².